The number of hydrogen-bond acceptors (Lipinski definition) is 2. The van der Waals surface area contributed by atoms with E-state index in [0.717, 1.165) is 18.7 Å². The molecule has 0 fully saturated rings. The molecule has 0 aliphatic heterocycles. The van der Waals surface area contributed by atoms with Crippen LogP contribution in [0.15, 0.2) is 24.3 Å². The smallest absolute Gasteiger partial charge is 0.122 e. The maximum absolute atomic E-state index is 5.56. The largest absolute Gasteiger partial charge is 0.494 e. The van der Waals surface area contributed by atoms with Crippen LogP contribution in [0.4, 0.5) is 0 Å². The Morgan fingerprint density at radius 3 is 2.71 bits per heavy atom. The van der Waals surface area contributed by atoms with Gasteiger partial charge < -0.3 is 10.5 Å². The van der Waals surface area contributed by atoms with Gasteiger partial charge in [-0.15, -0.1) is 0 Å². The molecule has 1 unspecified atom stereocenters. The number of nitrogens with two attached hydrogens (primary N) is 1. The average molecular weight is 193 g/mol. The fourth-order valence-electron chi connectivity index (χ4n) is 1.58. The Bertz CT molecular complexity index is 273. The standard InChI is InChI=1S/C12H19NO/c1-3-14-12-7-5-4-6-11(12)10(2)8-9-13/h4-7,10H,3,8-9,13H2,1-2H3. The fourth-order valence-corrected chi connectivity index (χ4v) is 1.58. The SMILES string of the molecule is CCOc1ccccc1C(C)CCN. The van der Waals surface area contributed by atoms with Crippen molar-refractivity contribution in [3.8, 4) is 5.75 Å². The first-order valence-corrected chi connectivity index (χ1v) is 5.21. The van der Waals surface area contributed by atoms with Crippen LogP contribution in [0.3, 0.4) is 0 Å². The van der Waals surface area contributed by atoms with Crippen LogP contribution < -0.4 is 10.5 Å². The van der Waals surface area contributed by atoms with Gasteiger partial charge in [-0.05, 0) is 37.4 Å². The summed E-state index contributed by atoms with van der Waals surface area (Å²) in [5.74, 6) is 1.47. The van der Waals surface area contributed by atoms with E-state index >= 15 is 0 Å². The predicted molar refractivity (Wildman–Crippen MR) is 59.7 cm³/mol. The third-order valence-electron chi connectivity index (χ3n) is 2.35. The second-order valence-electron chi connectivity index (χ2n) is 3.45. The Kier molecular flexibility index (Phi) is 4.47. The number of para-hydroxylation sites is 1. The van der Waals surface area contributed by atoms with Gasteiger partial charge >= 0.3 is 0 Å². The first-order valence-electron chi connectivity index (χ1n) is 5.21. The average Bonchev–Trinajstić information content (AvgIpc) is 2.19. The molecule has 0 aliphatic carbocycles. The van der Waals surface area contributed by atoms with Crippen molar-refractivity contribution >= 4 is 0 Å². The molecule has 0 amide bonds. The molecule has 2 heteroatoms. The van der Waals surface area contributed by atoms with Crippen LogP contribution in [-0.4, -0.2) is 13.2 Å². The Morgan fingerprint density at radius 2 is 2.07 bits per heavy atom. The molecule has 14 heavy (non-hydrogen) atoms. The summed E-state index contributed by atoms with van der Waals surface area (Å²) >= 11 is 0. The van der Waals surface area contributed by atoms with E-state index in [1.165, 1.54) is 5.56 Å². The number of ether oxygens (including phenoxy) is 1. The van der Waals surface area contributed by atoms with Gasteiger partial charge in [0.2, 0.25) is 0 Å². The molecule has 2 nitrogen and oxygen atoms in total. The van der Waals surface area contributed by atoms with Gasteiger partial charge in [0, 0.05) is 0 Å². The normalized spacial score (nSPS) is 12.5. The van der Waals surface area contributed by atoms with E-state index in [1.807, 2.05) is 25.1 Å². The first kappa shape index (κ1) is 11.1. The van der Waals surface area contributed by atoms with Gasteiger partial charge in [0.05, 0.1) is 6.61 Å². The van der Waals surface area contributed by atoms with Gasteiger partial charge in [-0.2, -0.15) is 0 Å². The summed E-state index contributed by atoms with van der Waals surface area (Å²) in [7, 11) is 0. The van der Waals surface area contributed by atoms with Crippen molar-refractivity contribution in [3.63, 3.8) is 0 Å². The van der Waals surface area contributed by atoms with Crippen molar-refractivity contribution in [1.82, 2.24) is 0 Å². The van der Waals surface area contributed by atoms with Crippen LogP contribution in [0.1, 0.15) is 31.7 Å². The molecule has 2 N–H and O–H groups in total. The van der Waals surface area contributed by atoms with Crippen molar-refractivity contribution in [2.45, 2.75) is 26.2 Å². The highest BCUT2D eigenvalue weighted by Crippen LogP contribution is 2.27. The predicted octanol–water partition coefficient (Wildman–Crippen LogP) is 2.54. The molecule has 0 bridgehead atoms. The molecular formula is C12H19NO. The zero-order chi connectivity index (χ0) is 10.4. The first-order chi connectivity index (χ1) is 6.79. The molecule has 78 valence electrons. The van der Waals surface area contributed by atoms with Crippen LogP contribution in [-0.2, 0) is 0 Å². The summed E-state index contributed by atoms with van der Waals surface area (Å²) in [5.41, 5.74) is 6.81. The summed E-state index contributed by atoms with van der Waals surface area (Å²) in [6.45, 7) is 5.63. The summed E-state index contributed by atoms with van der Waals surface area (Å²) < 4.78 is 5.56. The lowest BCUT2D eigenvalue weighted by molar-refractivity contribution is 0.334. The zero-order valence-electron chi connectivity index (χ0n) is 8.99. The molecule has 0 radical (unpaired) electrons. The number of rotatable bonds is 5. The lowest BCUT2D eigenvalue weighted by Gasteiger charge is -2.15. The summed E-state index contributed by atoms with van der Waals surface area (Å²) in [6, 6.07) is 8.19. The molecule has 0 heterocycles. The number of hydrogen-bond donors (Lipinski definition) is 1. The van der Waals surface area contributed by atoms with Crippen LogP contribution >= 0.6 is 0 Å². The highest BCUT2D eigenvalue weighted by molar-refractivity contribution is 5.35. The van der Waals surface area contributed by atoms with Gasteiger partial charge in [0.1, 0.15) is 5.75 Å². The van der Waals surface area contributed by atoms with Crippen molar-refractivity contribution in [3.05, 3.63) is 29.8 Å². The van der Waals surface area contributed by atoms with Gasteiger partial charge in [-0.3, -0.25) is 0 Å². The lowest BCUT2D eigenvalue weighted by Crippen LogP contribution is -2.06. The van der Waals surface area contributed by atoms with E-state index < -0.39 is 0 Å². The lowest BCUT2D eigenvalue weighted by atomic mass is 9.97. The van der Waals surface area contributed by atoms with E-state index in [1.54, 1.807) is 0 Å². The Balaban J connectivity index is 2.82. The third kappa shape index (κ3) is 2.74. The molecule has 0 aliphatic rings. The van der Waals surface area contributed by atoms with Crippen LogP contribution in [0.2, 0.25) is 0 Å². The van der Waals surface area contributed by atoms with E-state index in [-0.39, 0.29) is 0 Å². The van der Waals surface area contributed by atoms with E-state index in [0.29, 0.717) is 12.5 Å². The molecule has 1 rings (SSSR count). The molecule has 1 atom stereocenters. The van der Waals surface area contributed by atoms with Crippen molar-refractivity contribution in [2.75, 3.05) is 13.2 Å². The van der Waals surface area contributed by atoms with Crippen molar-refractivity contribution in [2.24, 2.45) is 5.73 Å². The molecule has 0 saturated carbocycles. The van der Waals surface area contributed by atoms with Gasteiger partial charge in [-0.25, -0.2) is 0 Å². The highest BCUT2D eigenvalue weighted by Gasteiger charge is 2.09. The zero-order valence-corrected chi connectivity index (χ0v) is 8.99. The Labute approximate surface area is 86.1 Å². The summed E-state index contributed by atoms with van der Waals surface area (Å²) in [5, 5.41) is 0. The Morgan fingerprint density at radius 1 is 1.36 bits per heavy atom. The van der Waals surface area contributed by atoms with E-state index in [4.69, 9.17) is 10.5 Å². The van der Waals surface area contributed by atoms with E-state index in [9.17, 15) is 0 Å². The second-order valence-corrected chi connectivity index (χ2v) is 3.45. The van der Waals surface area contributed by atoms with Crippen LogP contribution in [0, 0.1) is 0 Å². The van der Waals surface area contributed by atoms with Gasteiger partial charge in [0.15, 0.2) is 0 Å². The molecular weight excluding hydrogens is 174 g/mol. The van der Waals surface area contributed by atoms with Crippen LogP contribution in [0.5, 0.6) is 5.75 Å². The topological polar surface area (TPSA) is 35.2 Å². The third-order valence-corrected chi connectivity index (χ3v) is 2.35. The molecule has 0 saturated heterocycles. The summed E-state index contributed by atoms with van der Waals surface area (Å²) in [6.07, 6.45) is 1.00. The minimum Gasteiger partial charge on any atom is -0.494 e. The number of benzene rings is 1. The Hall–Kier alpha value is -1.02. The highest BCUT2D eigenvalue weighted by atomic mass is 16.5. The fraction of sp³-hybridized carbons (Fsp3) is 0.500. The maximum atomic E-state index is 5.56. The molecule has 0 spiro atoms. The quantitative estimate of drug-likeness (QED) is 0.780. The monoisotopic (exact) mass is 193 g/mol. The van der Waals surface area contributed by atoms with Crippen molar-refractivity contribution < 1.29 is 4.74 Å². The maximum Gasteiger partial charge on any atom is 0.122 e. The van der Waals surface area contributed by atoms with Gasteiger partial charge in [0.25, 0.3) is 0 Å². The summed E-state index contributed by atoms with van der Waals surface area (Å²) in [4.78, 5) is 0. The van der Waals surface area contributed by atoms with Crippen molar-refractivity contribution in [1.29, 1.82) is 0 Å². The van der Waals surface area contributed by atoms with Gasteiger partial charge in [-0.1, -0.05) is 25.1 Å². The molecule has 0 aromatic heterocycles. The second kappa shape index (κ2) is 5.66. The minimum absolute atomic E-state index is 0.475. The van der Waals surface area contributed by atoms with E-state index in [2.05, 4.69) is 13.0 Å². The molecule has 1 aromatic carbocycles. The minimum atomic E-state index is 0.475. The van der Waals surface area contributed by atoms with Crippen LogP contribution in [0.25, 0.3) is 0 Å². The molecule has 1 aromatic rings.